The quantitative estimate of drug-likeness (QED) is 0.331. The van der Waals surface area contributed by atoms with Crippen LogP contribution in [0.4, 0.5) is 0 Å². The number of carbonyl (C=O) groups is 2. The second-order valence-electron chi connectivity index (χ2n) is 4.65. The molecule has 0 saturated heterocycles. The van der Waals surface area contributed by atoms with E-state index in [9.17, 15) is 9.59 Å². The van der Waals surface area contributed by atoms with Gasteiger partial charge in [-0.3, -0.25) is 9.89 Å². The van der Waals surface area contributed by atoms with Crippen LogP contribution in [0.1, 0.15) is 25.5 Å². The Morgan fingerprint density at radius 3 is 2.67 bits per heavy atom. The van der Waals surface area contributed by atoms with Crippen LogP contribution in [0.15, 0.2) is 5.16 Å². The Kier molecular flexibility index (Phi) is 5.36. The number of carboxylic acids is 1. The highest BCUT2D eigenvalue weighted by Crippen LogP contribution is 2.08. The molecular weight excluding hydrogens is 282 g/mol. The summed E-state index contributed by atoms with van der Waals surface area (Å²) in [5.41, 5.74) is 4.19. The highest BCUT2D eigenvalue weighted by Gasteiger charge is 2.23. The number of nitrogens with one attached hydrogen (secondary N) is 1. The maximum atomic E-state index is 11.7. The number of ether oxygens (including phenoxy) is 1. The summed E-state index contributed by atoms with van der Waals surface area (Å²) in [5.74, 6) is -1.96. The molecule has 0 unspecified atom stereocenters. The first kappa shape index (κ1) is 16.6. The van der Waals surface area contributed by atoms with Gasteiger partial charge in [-0.05, 0) is 13.8 Å². The van der Waals surface area contributed by atoms with E-state index in [0.29, 0.717) is 0 Å². The number of nitrogens with two attached hydrogens (primary N) is 1. The minimum absolute atomic E-state index is 0.146. The number of aromatic nitrogens is 3. The smallest absolute Gasteiger partial charge is 0.362 e. The fourth-order valence-corrected chi connectivity index (χ4v) is 1.27. The fourth-order valence-electron chi connectivity index (χ4n) is 1.27. The summed E-state index contributed by atoms with van der Waals surface area (Å²) in [7, 11) is 1.20. The molecule has 0 aliphatic carbocycles. The molecule has 1 heterocycles. The third kappa shape index (κ3) is 4.84. The van der Waals surface area contributed by atoms with Gasteiger partial charge in [-0.15, -0.1) is 0 Å². The van der Waals surface area contributed by atoms with E-state index in [4.69, 9.17) is 15.6 Å². The van der Waals surface area contributed by atoms with Gasteiger partial charge in [0.15, 0.2) is 0 Å². The Morgan fingerprint density at radius 1 is 1.48 bits per heavy atom. The predicted octanol–water partition coefficient (Wildman–Crippen LogP) is -0.937. The number of carboxylic acid groups (broad SMARTS) is 1. The molecule has 0 spiro atoms. The lowest BCUT2D eigenvalue weighted by Crippen LogP contribution is -2.36. The van der Waals surface area contributed by atoms with Crippen LogP contribution in [0.25, 0.3) is 0 Å². The third-order valence-corrected chi connectivity index (χ3v) is 2.32. The molecule has 21 heavy (non-hydrogen) atoms. The monoisotopic (exact) mass is 299 g/mol. The topological polar surface area (TPSA) is 153 Å². The van der Waals surface area contributed by atoms with Gasteiger partial charge in [0, 0.05) is 6.54 Å². The summed E-state index contributed by atoms with van der Waals surface area (Å²) in [4.78, 5) is 30.9. The number of aliphatic carboxylic acids is 1. The van der Waals surface area contributed by atoms with Crippen molar-refractivity contribution in [2.75, 3.05) is 13.7 Å². The first-order valence-corrected chi connectivity index (χ1v) is 5.97. The molecule has 10 nitrogen and oxygen atoms in total. The zero-order valence-corrected chi connectivity index (χ0v) is 11.9. The van der Waals surface area contributed by atoms with E-state index in [2.05, 4.69) is 25.2 Å². The number of rotatable bonds is 7. The lowest BCUT2D eigenvalue weighted by Gasteiger charge is -2.22. The Labute approximate surface area is 120 Å². The molecule has 1 aromatic rings. The summed E-state index contributed by atoms with van der Waals surface area (Å²) in [5, 5.41) is 18.3. The average molecular weight is 299 g/mol. The predicted molar refractivity (Wildman–Crippen MR) is 70.5 cm³/mol. The van der Waals surface area contributed by atoms with Gasteiger partial charge in [0.25, 0.3) is 0 Å². The van der Waals surface area contributed by atoms with Crippen LogP contribution in [0.3, 0.4) is 0 Å². The van der Waals surface area contributed by atoms with Crippen molar-refractivity contribution < 1.29 is 24.3 Å². The fraction of sp³-hybridized carbons (Fsp3) is 0.545. The average Bonchev–Trinajstić information content (AvgIpc) is 2.82. The van der Waals surface area contributed by atoms with Gasteiger partial charge >= 0.3 is 11.9 Å². The van der Waals surface area contributed by atoms with Crippen LogP contribution in [0.2, 0.25) is 0 Å². The van der Waals surface area contributed by atoms with Gasteiger partial charge in [-0.25, -0.2) is 9.78 Å². The number of aromatic amines is 1. The summed E-state index contributed by atoms with van der Waals surface area (Å²) in [6.07, 6.45) is -0.198. The van der Waals surface area contributed by atoms with Crippen molar-refractivity contribution in [3.8, 4) is 0 Å². The summed E-state index contributed by atoms with van der Waals surface area (Å²) in [6.45, 7) is 3.51. The molecular formula is C11H17N5O5. The normalized spacial score (nSPS) is 12.1. The Morgan fingerprint density at radius 2 is 2.14 bits per heavy atom. The summed E-state index contributed by atoms with van der Waals surface area (Å²) < 4.78 is 5.13. The minimum atomic E-state index is -1.35. The van der Waals surface area contributed by atoms with Gasteiger partial charge in [0.05, 0.1) is 0 Å². The zero-order valence-electron chi connectivity index (χ0n) is 11.9. The maximum absolute atomic E-state index is 11.7. The van der Waals surface area contributed by atoms with Crippen LogP contribution >= 0.6 is 0 Å². The Bertz CT molecular complexity index is 551. The van der Waals surface area contributed by atoms with E-state index in [1.54, 1.807) is 13.8 Å². The highest BCUT2D eigenvalue weighted by atomic mass is 16.6. The van der Waals surface area contributed by atoms with Crippen LogP contribution in [0.5, 0.6) is 0 Å². The maximum Gasteiger partial charge on any atom is 0.362 e. The number of carbonyl (C=O) groups excluding carboxylic acids is 1. The van der Waals surface area contributed by atoms with Crippen molar-refractivity contribution in [2.45, 2.75) is 25.9 Å². The zero-order chi connectivity index (χ0) is 16.0. The highest BCUT2D eigenvalue weighted by molar-refractivity contribution is 6.41. The largest absolute Gasteiger partial charge is 0.476 e. The molecule has 0 aliphatic heterocycles. The van der Waals surface area contributed by atoms with Crippen molar-refractivity contribution in [2.24, 2.45) is 10.9 Å². The number of esters is 1. The Hall–Kier alpha value is -2.49. The van der Waals surface area contributed by atoms with Crippen LogP contribution < -0.4 is 5.73 Å². The summed E-state index contributed by atoms with van der Waals surface area (Å²) in [6, 6.07) is 0. The van der Waals surface area contributed by atoms with Crippen LogP contribution in [-0.4, -0.2) is 57.2 Å². The number of hydrogen-bond acceptors (Lipinski definition) is 8. The second kappa shape index (κ2) is 6.79. The molecule has 0 atom stereocenters. The van der Waals surface area contributed by atoms with Crippen molar-refractivity contribution in [3.63, 3.8) is 0 Å². The number of H-pyrrole nitrogens is 1. The minimum Gasteiger partial charge on any atom is -0.476 e. The summed E-state index contributed by atoms with van der Waals surface area (Å²) >= 11 is 0. The van der Waals surface area contributed by atoms with Gasteiger partial charge in [-0.1, -0.05) is 5.16 Å². The van der Waals surface area contributed by atoms with Crippen molar-refractivity contribution in [1.29, 1.82) is 0 Å². The molecule has 0 fully saturated rings. The lowest BCUT2D eigenvalue weighted by molar-refractivity contribution is -0.154. The molecule has 0 aliphatic rings. The standard InChI is InChI=1S/C11H17N5O5/c1-11(2,5-12)21-7(17)4-6-13-9(15-14-6)8(10(18)19)16-20-3/h4-5,12H2,1-3H3,(H,18,19)(H,13,14,15)/b16-8-. The third-order valence-electron chi connectivity index (χ3n) is 2.32. The van der Waals surface area contributed by atoms with Gasteiger partial charge in [0.2, 0.25) is 11.5 Å². The SMILES string of the molecule is CO/N=C(\C(=O)O)c1n[nH]c(CC(=O)OC(C)(C)CN)n1. The molecule has 0 saturated carbocycles. The molecule has 10 heteroatoms. The van der Waals surface area contributed by atoms with E-state index in [1.807, 2.05) is 0 Å². The number of oxime groups is 1. The molecule has 0 aromatic carbocycles. The molecule has 1 rings (SSSR count). The van der Waals surface area contributed by atoms with Gasteiger partial charge < -0.3 is 20.4 Å². The van der Waals surface area contributed by atoms with Crippen molar-refractivity contribution >= 4 is 17.7 Å². The van der Waals surface area contributed by atoms with Crippen LogP contribution in [0, 0.1) is 0 Å². The number of nitrogens with zero attached hydrogens (tertiary/aromatic N) is 3. The molecule has 0 bridgehead atoms. The van der Waals surface area contributed by atoms with E-state index >= 15 is 0 Å². The van der Waals surface area contributed by atoms with Crippen molar-refractivity contribution in [3.05, 3.63) is 11.6 Å². The van der Waals surface area contributed by atoms with Crippen LogP contribution in [-0.2, 0) is 25.6 Å². The molecule has 0 radical (unpaired) electrons. The van der Waals surface area contributed by atoms with E-state index in [0.717, 1.165) is 0 Å². The van der Waals surface area contributed by atoms with Crippen molar-refractivity contribution in [1.82, 2.24) is 15.2 Å². The first-order valence-electron chi connectivity index (χ1n) is 5.97. The van der Waals surface area contributed by atoms with E-state index < -0.39 is 23.3 Å². The van der Waals surface area contributed by atoms with Gasteiger partial charge in [-0.2, -0.15) is 5.10 Å². The molecule has 4 N–H and O–H groups in total. The van der Waals surface area contributed by atoms with Gasteiger partial charge in [0.1, 0.15) is 25.0 Å². The lowest BCUT2D eigenvalue weighted by atomic mass is 10.1. The second-order valence-corrected chi connectivity index (χ2v) is 4.65. The number of hydrogen-bond donors (Lipinski definition) is 3. The Balaban J connectivity index is 2.78. The molecule has 0 amide bonds. The van der Waals surface area contributed by atoms with E-state index in [1.165, 1.54) is 7.11 Å². The molecule has 1 aromatic heterocycles. The van der Waals surface area contributed by atoms with E-state index in [-0.39, 0.29) is 24.6 Å². The molecule has 116 valence electrons. The first-order chi connectivity index (χ1) is 9.79.